The molecule has 0 unspecified atom stereocenters. The predicted molar refractivity (Wildman–Crippen MR) is 124 cm³/mol. The molecule has 2 fully saturated rings. The number of rotatable bonds is 10. The third-order valence-corrected chi connectivity index (χ3v) is 7.31. The van der Waals surface area contributed by atoms with Crippen LogP contribution in [0.25, 0.3) is 0 Å². The molecule has 1 N–H and O–H groups in total. The SMILES string of the molecule is Cc1cccc(CC/C=C/[C@@H]2[C@H]3CC(CCOCCN4CCCC4)=C[C@H]3C[C@H]2O)c1. The fourth-order valence-electron chi connectivity index (χ4n) is 5.67. The van der Waals surface area contributed by atoms with Crippen molar-refractivity contribution in [2.75, 3.05) is 32.8 Å². The molecule has 0 bridgehead atoms. The second-order valence-corrected chi connectivity index (χ2v) is 9.60. The molecule has 164 valence electrons. The van der Waals surface area contributed by atoms with E-state index in [-0.39, 0.29) is 6.10 Å². The molecule has 1 aliphatic heterocycles. The lowest BCUT2D eigenvalue weighted by Gasteiger charge is -2.18. The number of fused-ring (bicyclic) bond motifs is 1. The van der Waals surface area contributed by atoms with Gasteiger partial charge in [0.2, 0.25) is 0 Å². The van der Waals surface area contributed by atoms with Gasteiger partial charge in [-0.05, 0) is 82.4 Å². The summed E-state index contributed by atoms with van der Waals surface area (Å²) in [5, 5.41) is 10.6. The lowest BCUT2D eigenvalue weighted by Crippen LogP contribution is -2.24. The number of nitrogens with zero attached hydrogens (tertiary/aromatic N) is 1. The second-order valence-electron chi connectivity index (χ2n) is 9.60. The fourth-order valence-corrected chi connectivity index (χ4v) is 5.67. The van der Waals surface area contributed by atoms with Crippen LogP contribution in [0, 0.1) is 24.7 Å². The van der Waals surface area contributed by atoms with Crippen molar-refractivity contribution in [1.82, 2.24) is 4.90 Å². The average Bonchev–Trinajstić information content (AvgIpc) is 3.43. The minimum absolute atomic E-state index is 0.176. The summed E-state index contributed by atoms with van der Waals surface area (Å²) in [6.07, 6.45) is 14.9. The van der Waals surface area contributed by atoms with Gasteiger partial charge in [0.1, 0.15) is 0 Å². The number of likely N-dealkylation sites (tertiary alicyclic amines) is 1. The molecule has 3 heteroatoms. The van der Waals surface area contributed by atoms with Gasteiger partial charge in [0, 0.05) is 12.5 Å². The highest BCUT2D eigenvalue weighted by Crippen LogP contribution is 2.47. The quantitative estimate of drug-likeness (QED) is 0.439. The zero-order chi connectivity index (χ0) is 20.8. The summed E-state index contributed by atoms with van der Waals surface area (Å²) >= 11 is 0. The highest BCUT2D eigenvalue weighted by atomic mass is 16.5. The van der Waals surface area contributed by atoms with Crippen LogP contribution in [0.2, 0.25) is 0 Å². The monoisotopic (exact) mass is 409 g/mol. The third kappa shape index (κ3) is 5.84. The number of hydrogen-bond donors (Lipinski definition) is 1. The van der Waals surface area contributed by atoms with Gasteiger partial charge in [0.05, 0.1) is 19.3 Å². The summed E-state index contributed by atoms with van der Waals surface area (Å²) in [5.41, 5.74) is 4.28. The molecule has 0 amide bonds. The Balaban J connectivity index is 1.17. The van der Waals surface area contributed by atoms with E-state index in [0.717, 1.165) is 51.9 Å². The Hall–Kier alpha value is -1.42. The first-order chi connectivity index (χ1) is 14.7. The highest BCUT2D eigenvalue weighted by Gasteiger charge is 2.43. The van der Waals surface area contributed by atoms with E-state index in [1.54, 1.807) is 5.57 Å². The molecule has 1 heterocycles. The Labute approximate surface area is 182 Å². The van der Waals surface area contributed by atoms with Crippen molar-refractivity contribution >= 4 is 0 Å². The summed E-state index contributed by atoms with van der Waals surface area (Å²) in [6, 6.07) is 8.77. The maximum Gasteiger partial charge on any atom is 0.0611 e. The van der Waals surface area contributed by atoms with Gasteiger partial charge in [-0.15, -0.1) is 0 Å². The van der Waals surface area contributed by atoms with Crippen molar-refractivity contribution in [3.63, 3.8) is 0 Å². The van der Waals surface area contributed by atoms with E-state index >= 15 is 0 Å². The Morgan fingerprint density at radius 3 is 2.87 bits per heavy atom. The minimum Gasteiger partial charge on any atom is -0.392 e. The molecule has 1 aromatic rings. The summed E-state index contributed by atoms with van der Waals surface area (Å²) in [6.45, 7) is 7.45. The van der Waals surface area contributed by atoms with Gasteiger partial charge >= 0.3 is 0 Å². The number of ether oxygens (including phenoxy) is 1. The highest BCUT2D eigenvalue weighted by molar-refractivity contribution is 5.23. The number of hydrogen-bond acceptors (Lipinski definition) is 3. The molecule has 4 atom stereocenters. The lowest BCUT2D eigenvalue weighted by atomic mass is 9.89. The zero-order valence-electron chi connectivity index (χ0n) is 18.6. The van der Waals surface area contributed by atoms with Gasteiger partial charge in [-0.1, -0.05) is 53.6 Å². The van der Waals surface area contributed by atoms with E-state index in [4.69, 9.17) is 4.74 Å². The fraction of sp³-hybridized carbons (Fsp3) is 0.630. The molecular weight excluding hydrogens is 370 g/mol. The maximum absolute atomic E-state index is 10.6. The van der Waals surface area contributed by atoms with Crippen LogP contribution in [0.1, 0.15) is 49.7 Å². The van der Waals surface area contributed by atoms with Crippen molar-refractivity contribution in [2.45, 2.75) is 58.0 Å². The smallest absolute Gasteiger partial charge is 0.0611 e. The Morgan fingerprint density at radius 2 is 2.03 bits per heavy atom. The standard InChI is InChI=1S/C27H39NO2/c1-21-7-6-9-22(17-21)8-2-3-10-25-26-19-23(18-24(26)20-27(25)29)11-15-30-16-14-28-12-4-5-13-28/h3,6-7,9-10,17-18,24-27,29H,2,4-5,8,11-16,19-20H2,1H3/b10-3+/t24-,25+,26-,27+/m0/s1. The first-order valence-corrected chi connectivity index (χ1v) is 12.1. The number of allylic oxidation sites excluding steroid dienone is 2. The molecule has 0 radical (unpaired) electrons. The van der Waals surface area contributed by atoms with Gasteiger partial charge < -0.3 is 14.7 Å². The molecule has 0 spiro atoms. The molecule has 1 saturated carbocycles. The van der Waals surface area contributed by atoms with E-state index in [1.807, 2.05) is 0 Å². The van der Waals surface area contributed by atoms with Crippen molar-refractivity contribution in [1.29, 1.82) is 0 Å². The Morgan fingerprint density at radius 1 is 1.17 bits per heavy atom. The average molecular weight is 410 g/mol. The predicted octanol–water partition coefficient (Wildman–Crippen LogP) is 4.93. The van der Waals surface area contributed by atoms with E-state index in [2.05, 4.69) is 54.3 Å². The van der Waals surface area contributed by atoms with Crippen LogP contribution < -0.4 is 0 Å². The van der Waals surface area contributed by atoms with Gasteiger partial charge in [-0.25, -0.2) is 0 Å². The summed E-state index contributed by atoms with van der Waals surface area (Å²) in [5.74, 6) is 1.47. The van der Waals surface area contributed by atoms with Crippen LogP contribution in [0.3, 0.4) is 0 Å². The van der Waals surface area contributed by atoms with E-state index in [9.17, 15) is 5.11 Å². The van der Waals surface area contributed by atoms with E-state index in [0.29, 0.717) is 17.8 Å². The third-order valence-electron chi connectivity index (χ3n) is 7.31. The summed E-state index contributed by atoms with van der Waals surface area (Å²) in [4.78, 5) is 2.51. The molecule has 3 aliphatic rings. The number of aryl methyl sites for hydroxylation is 2. The molecule has 3 nitrogen and oxygen atoms in total. The minimum atomic E-state index is -0.176. The number of aliphatic hydroxyl groups excluding tert-OH is 1. The first-order valence-electron chi connectivity index (χ1n) is 12.1. The first kappa shape index (κ1) is 21.8. The van der Waals surface area contributed by atoms with Crippen molar-refractivity contribution in [3.05, 3.63) is 59.2 Å². The topological polar surface area (TPSA) is 32.7 Å². The van der Waals surface area contributed by atoms with Crippen LogP contribution in [0.15, 0.2) is 48.1 Å². The van der Waals surface area contributed by atoms with Crippen molar-refractivity contribution in [3.8, 4) is 0 Å². The molecule has 1 aromatic carbocycles. The lowest BCUT2D eigenvalue weighted by molar-refractivity contribution is 0.112. The molecule has 1 saturated heterocycles. The van der Waals surface area contributed by atoms with Gasteiger partial charge in [-0.3, -0.25) is 0 Å². The second kappa shape index (κ2) is 10.7. The summed E-state index contributed by atoms with van der Waals surface area (Å²) < 4.78 is 5.91. The maximum atomic E-state index is 10.6. The van der Waals surface area contributed by atoms with Crippen LogP contribution in [-0.4, -0.2) is 49.0 Å². The normalized spacial score (nSPS) is 29.1. The Bertz CT molecular complexity index is 734. The van der Waals surface area contributed by atoms with Crippen LogP contribution in [0.4, 0.5) is 0 Å². The number of aliphatic hydroxyl groups is 1. The van der Waals surface area contributed by atoms with Crippen LogP contribution in [0.5, 0.6) is 0 Å². The summed E-state index contributed by atoms with van der Waals surface area (Å²) in [7, 11) is 0. The van der Waals surface area contributed by atoms with Crippen molar-refractivity contribution < 1.29 is 9.84 Å². The molecule has 2 aliphatic carbocycles. The largest absolute Gasteiger partial charge is 0.392 e. The molecule has 4 rings (SSSR count). The number of benzene rings is 1. The molecular formula is C27H39NO2. The molecule has 30 heavy (non-hydrogen) atoms. The van der Waals surface area contributed by atoms with Gasteiger partial charge in [-0.2, -0.15) is 0 Å². The van der Waals surface area contributed by atoms with Crippen LogP contribution in [-0.2, 0) is 11.2 Å². The van der Waals surface area contributed by atoms with Crippen molar-refractivity contribution in [2.24, 2.45) is 17.8 Å². The zero-order valence-corrected chi connectivity index (χ0v) is 18.6. The van der Waals surface area contributed by atoms with Crippen LogP contribution >= 0.6 is 0 Å². The Kier molecular flexibility index (Phi) is 7.81. The van der Waals surface area contributed by atoms with Gasteiger partial charge in [0.15, 0.2) is 0 Å². The van der Waals surface area contributed by atoms with Gasteiger partial charge in [0.25, 0.3) is 0 Å². The van der Waals surface area contributed by atoms with E-state index in [1.165, 1.54) is 37.1 Å². The molecule has 0 aromatic heterocycles. The van der Waals surface area contributed by atoms with E-state index < -0.39 is 0 Å².